The largest absolute Gasteiger partial charge is 0.479 e. The molecule has 9 nitrogen and oxygen atoms in total. The van der Waals surface area contributed by atoms with Crippen molar-refractivity contribution >= 4 is 5.69 Å². The maximum Gasteiger partial charge on any atom is 0.319 e. The summed E-state index contributed by atoms with van der Waals surface area (Å²) in [5.41, 5.74) is 2.87. The minimum atomic E-state index is 0.156. The molecule has 2 aliphatic heterocycles. The van der Waals surface area contributed by atoms with Crippen LogP contribution < -0.4 is 24.4 Å². The fourth-order valence-electron chi connectivity index (χ4n) is 3.32. The SMILES string of the molecule is COc1ncc(N2CCc3ncnc(OC4CCNC4)c3C2)c(OC)n1. The van der Waals surface area contributed by atoms with Gasteiger partial charge in [-0.05, 0) is 13.0 Å². The van der Waals surface area contributed by atoms with Crippen molar-refractivity contribution in [3.63, 3.8) is 0 Å². The molecule has 1 saturated heterocycles. The number of hydrogen-bond acceptors (Lipinski definition) is 9. The number of ether oxygens (including phenoxy) is 3. The van der Waals surface area contributed by atoms with E-state index in [0.717, 1.165) is 49.4 Å². The first kappa shape index (κ1) is 16.8. The number of nitrogens with one attached hydrogen (secondary N) is 1. The molecular weight excluding hydrogens is 336 g/mol. The van der Waals surface area contributed by atoms with Crippen LogP contribution in [0.5, 0.6) is 17.8 Å². The first-order chi connectivity index (χ1) is 12.8. The van der Waals surface area contributed by atoms with E-state index >= 15 is 0 Å². The van der Waals surface area contributed by atoms with Crippen molar-refractivity contribution in [3.8, 4) is 17.8 Å². The minimum absolute atomic E-state index is 0.156. The van der Waals surface area contributed by atoms with E-state index in [1.165, 1.54) is 7.11 Å². The average molecular weight is 358 g/mol. The maximum absolute atomic E-state index is 6.13. The Morgan fingerprint density at radius 1 is 1.15 bits per heavy atom. The van der Waals surface area contributed by atoms with E-state index in [1.54, 1.807) is 19.6 Å². The molecule has 0 aliphatic carbocycles. The van der Waals surface area contributed by atoms with Crippen molar-refractivity contribution in [2.75, 3.05) is 38.8 Å². The highest BCUT2D eigenvalue weighted by molar-refractivity contribution is 5.56. The van der Waals surface area contributed by atoms with Gasteiger partial charge in [-0.15, -0.1) is 0 Å². The van der Waals surface area contributed by atoms with E-state index in [4.69, 9.17) is 14.2 Å². The van der Waals surface area contributed by atoms with Gasteiger partial charge in [-0.25, -0.2) is 15.0 Å². The zero-order chi connectivity index (χ0) is 17.9. The van der Waals surface area contributed by atoms with E-state index < -0.39 is 0 Å². The van der Waals surface area contributed by atoms with Crippen molar-refractivity contribution in [1.29, 1.82) is 0 Å². The van der Waals surface area contributed by atoms with Crippen LogP contribution in [-0.2, 0) is 13.0 Å². The zero-order valence-corrected chi connectivity index (χ0v) is 14.9. The summed E-state index contributed by atoms with van der Waals surface area (Å²) < 4.78 is 16.6. The minimum Gasteiger partial charge on any atom is -0.479 e. The van der Waals surface area contributed by atoms with Crippen LogP contribution in [0.3, 0.4) is 0 Å². The molecule has 0 amide bonds. The Labute approximate surface area is 151 Å². The van der Waals surface area contributed by atoms with Gasteiger partial charge in [0.15, 0.2) is 0 Å². The van der Waals surface area contributed by atoms with Gasteiger partial charge in [0.25, 0.3) is 0 Å². The number of nitrogens with zero attached hydrogens (tertiary/aromatic N) is 5. The molecule has 4 rings (SSSR count). The average Bonchev–Trinajstić information content (AvgIpc) is 3.20. The summed E-state index contributed by atoms with van der Waals surface area (Å²) in [7, 11) is 3.12. The smallest absolute Gasteiger partial charge is 0.319 e. The quantitative estimate of drug-likeness (QED) is 0.824. The second kappa shape index (κ2) is 7.28. The van der Waals surface area contributed by atoms with Gasteiger partial charge in [-0.1, -0.05) is 0 Å². The molecule has 2 aromatic heterocycles. The molecule has 0 bridgehead atoms. The first-order valence-electron chi connectivity index (χ1n) is 8.68. The lowest BCUT2D eigenvalue weighted by Crippen LogP contribution is -2.33. The van der Waals surface area contributed by atoms with Crippen molar-refractivity contribution in [2.24, 2.45) is 0 Å². The monoisotopic (exact) mass is 358 g/mol. The summed E-state index contributed by atoms with van der Waals surface area (Å²) >= 11 is 0. The second-order valence-electron chi connectivity index (χ2n) is 6.26. The highest BCUT2D eigenvalue weighted by Gasteiger charge is 2.27. The molecule has 1 unspecified atom stereocenters. The van der Waals surface area contributed by atoms with Crippen LogP contribution in [0.15, 0.2) is 12.5 Å². The molecular formula is C17H22N6O3. The molecule has 0 spiro atoms. The molecule has 0 radical (unpaired) electrons. The van der Waals surface area contributed by atoms with Gasteiger partial charge in [-0.3, -0.25) is 0 Å². The number of hydrogen-bond donors (Lipinski definition) is 1. The Morgan fingerprint density at radius 3 is 2.85 bits per heavy atom. The van der Waals surface area contributed by atoms with Crippen LogP contribution in [0.25, 0.3) is 0 Å². The van der Waals surface area contributed by atoms with Crippen molar-refractivity contribution in [1.82, 2.24) is 25.3 Å². The fourth-order valence-corrected chi connectivity index (χ4v) is 3.32. The highest BCUT2D eigenvalue weighted by Crippen LogP contribution is 2.33. The Hall–Kier alpha value is -2.68. The summed E-state index contributed by atoms with van der Waals surface area (Å²) in [4.78, 5) is 19.5. The molecule has 26 heavy (non-hydrogen) atoms. The molecule has 2 aliphatic rings. The lowest BCUT2D eigenvalue weighted by molar-refractivity contribution is 0.210. The molecule has 9 heteroatoms. The molecule has 1 atom stereocenters. The number of fused-ring (bicyclic) bond motifs is 1. The molecule has 0 saturated carbocycles. The summed E-state index contributed by atoms with van der Waals surface area (Å²) in [6.07, 6.45) is 5.25. The molecule has 138 valence electrons. The zero-order valence-electron chi connectivity index (χ0n) is 14.9. The molecule has 4 heterocycles. The molecule has 2 aromatic rings. The Balaban J connectivity index is 1.61. The predicted octanol–water partition coefficient (Wildman–Crippen LogP) is 0.587. The number of rotatable bonds is 5. The van der Waals surface area contributed by atoms with E-state index in [0.29, 0.717) is 18.3 Å². The van der Waals surface area contributed by atoms with Gasteiger partial charge < -0.3 is 24.4 Å². The molecule has 1 fully saturated rings. The summed E-state index contributed by atoms with van der Waals surface area (Å²) in [5.74, 6) is 1.15. The number of methoxy groups -OCH3 is 2. The van der Waals surface area contributed by atoms with Gasteiger partial charge in [0.2, 0.25) is 11.8 Å². The Kier molecular flexibility index (Phi) is 4.70. The van der Waals surface area contributed by atoms with Crippen molar-refractivity contribution < 1.29 is 14.2 Å². The van der Waals surface area contributed by atoms with Gasteiger partial charge >= 0.3 is 6.01 Å². The summed E-state index contributed by atoms with van der Waals surface area (Å²) in [6.45, 7) is 3.24. The second-order valence-corrected chi connectivity index (χ2v) is 6.26. The third-order valence-corrected chi connectivity index (χ3v) is 4.69. The summed E-state index contributed by atoms with van der Waals surface area (Å²) in [6, 6.07) is 0.282. The van der Waals surface area contributed by atoms with Crippen molar-refractivity contribution in [3.05, 3.63) is 23.8 Å². The van der Waals surface area contributed by atoms with Gasteiger partial charge in [-0.2, -0.15) is 4.98 Å². The third kappa shape index (κ3) is 3.22. The lowest BCUT2D eigenvalue weighted by atomic mass is 10.1. The number of aromatic nitrogens is 4. The lowest BCUT2D eigenvalue weighted by Gasteiger charge is -2.31. The summed E-state index contributed by atoms with van der Waals surface area (Å²) in [5, 5.41) is 3.31. The predicted molar refractivity (Wildman–Crippen MR) is 93.8 cm³/mol. The number of anilines is 1. The topological polar surface area (TPSA) is 94.5 Å². The fraction of sp³-hybridized carbons (Fsp3) is 0.529. The van der Waals surface area contributed by atoms with Gasteiger partial charge in [0.05, 0.1) is 38.2 Å². The van der Waals surface area contributed by atoms with Crippen LogP contribution in [0.4, 0.5) is 5.69 Å². The van der Waals surface area contributed by atoms with Crippen LogP contribution in [-0.4, -0.2) is 59.9 Å². The van der Waals surface area contributed by atoms with E-state index in [9.17, 15) is 0 Å². The normalized spacial score (nSPS) is 19.2. The van der Waals surface area contributed by atoms with Crippen molar-refractivity contribution in [2.45, 2.75) is 25.5 Å². The van der Waals surface area contributed by atoms with E-state index in [-0.39, 0.29) is 12.1 Å². The Bertz CT molecular complexity index is 781. The third-order valence-electron chi connectivity index (χ3n) is 4.69. The molecule has 0 aromatic carbocycles. The maximum atomic E-state index is 6.13. The van der Waals surface area contributed by atoms with Crippen LogP contribution in [0.2, 0.25) is 0 Å². The van der Waals surface area contributed by atoms with Crippen LogP contribution in [0, 0.1) is 0 Å². The Morgan fingerprint density at radius 2 is 2.08 bits per heavy atom. The molecule has 1 N–H and O–H groups in total. The first-order valence-corrected chi connectivity index (χ1v) is 8.68. The van der Waals surface area contributed by atoms with E-state index in [2.05, 4.69) is 30.2 Å². The van der Waals surface area contributed by atoms with E-state index in [1.807, 2.05) is 0 Å². The van der Waals surface area contributed by atoms with Gasteiger partial charge in [0, 0.05) is 19.5 Å². The highest BCUT2D eigenvalue weighted by atomic mass is 16.5. The standard InChI is InChI=1S/C17H22N6O3/c1-24-16-14(8-19-17(22-16)25-2)23-6-4-13-12(9-23)15(21-10-20-13)26-11-3-5-18-7-11/h8,10-11,18H,3-7,9H2,1-2H3. The van der Waals surface area contributed by atoms with Crippen LogP contribution in [0.1, 0.15) is 17.7 Å². The van der Waals surface area contributed by atoms with Gasteiger partial charge in [0.1, 0.15) is 18.1 Å². The van der Waals surface area contributed by atoms with Crippen LogP contribution >= 0.6 is 0 Å².